The number of ether oxygens (including phenoxy) is 6. The molecule has 17 nitrogen and oxygen atoms in total. The summed E-state index contributed by atoms with van der Waals surface area (Å²) in [6, 6.07) is 15.8. The number of amides is 4. The van der Waals surface area contributed by atoms with E-state index in [1.54, 1.807) is 37.4 Å². The Labute approximate surface area is 402 Å². The number of rotatable bonds is 21. The summed E-state index contributed by atoms with van der Waals surface area (Å²) in [5, 5.41) is 25.6. The van der Waals surface area contributed by atoms with Crippen molar-refractivity contribution in [2.24, 2.45) is 0 Å². The van der Waals surface area contributed by atoms with E-state index in [-0.39, 0.29) is 79.9 Å². The first-order valence-electron chi connectivity index (χ1n) is 21.9. The number of anilines is 2. The van der Waals surface area contributed by atoms with E-state index in [1.807, 2.05) is 0 Å². The molecule has 0 spiro atoms. The first kappa shape index (κ1) is 51.4. The lowest BCUT2D eigenvalue weighted by atomic mass is 10.0. The van der Waals surface area contributed by atoms with E-state index in [1.165, 1.54) is 83.8 Å². The van der Waals surface area contributed by atoms with E-state index < -0.39 is 66.9 Å². The molecule has 0 saturated carbocycles. The minimum Gasteiger partial charge on any atom is -0.493 e. The number of nitrogens with zero attached hydrogens (tertiary/aromatic N) is 2. The van der Waals surface area contributed by atoms with E-state index in [9.17, 15) is 43.0 Å². The minimum atomic E-state index is -1.11. The van der Waals surface area contributed by atoms with E-state index in [2.05, 4.69) is 23.8 Å². The Morgan fingerprint density at radius 1 is 0.671 bits per heavy atom. The van der Waals surface area contributed by atoms with Gasteiger partial charge in [0.05, 0.1) is 68.1 Å². The second kappa shape index (κ2) is 24.3. The van der Waals surface area contributed by atoms with Crippen molar-refractivity contribution in [1.82, 2.24) is 9.80 Å². The Balaban J connectivity index is 1.20. The maximum absolute atomic E-state index is 14.3. The molecule has 0 bridgehead atoms. The van der Waals surface area contributed by atoms with Gasteiger partial charge in [0.1, 0.15) is 30.6 Å². The lowest BCUT2D eigenvalue weighted by Gasteiger charge is -2.24. The quantitative estimate of drug-likeness (QED) is 0.0274. The summed E-state index contributed by atoms with van der Waals surface area (Å²) >= 11 is 0. The Hall–Kier alpha value is -8.03. The van der Waals surface area contributed by atoms with Crippen LogP contribution in [-0.2, 0) is 19.0 Å². The zero-order chi connectivity index (χ0) is 50.3. The van der Waals surface area contributed by atoms with Gasteiger partial charge >= 0.3 is 18.2 Å². The summed E-state index contributed by atoms with van der Waals surface area (Å²) in [6.45, 7) is 7.02. The number of carbonyl (C=O) groups is 5. The third-order valence-electron chi connectivity index (χ3n) is 11.0. The van der Waals surface area contributed by atoms with Crippen LogP contribution in [0.2, 0.25) is 0 Å². The van der Waals surface area contributed by atoms with Crippen LogP contribution in [-0.4, -0.2) is 115 Å². The zero-order valence-electron chi connectivity index (χ0n) is 38.4. The smallest absolute Gasteiger partial charge is 0.412 e. The lowest BCUT2D eigenvalue weighted by molar-refractivity contribution is -0.145. The fraction of sp³-hybridized carbons (Fsp3) is 0.275. The molecule has 4 aromatic rings. The Bertz CT molecular complexity index is 2650. The molecule has 19 heteroatoms. The molecule has 2 aliphatic rings. The van der Waals surface area contributed by atoms with Gasteiger partial charge in [-0.25, -0.2) is 23.2 Å². The molecule has 4 N–H and O–H groups in total. The van der Waals surface area contributed by atoms with Gasteiger partial charge in [-0.15, -0.1) is 0 Å². The molecule has 368 valence electrons. The van der Waals surface area contributed by atoms with Crippen molar-refractivity contribution in [1.29, 1.82) is 0 Å². The molecule has 70 heavy (non-hydrogen) atoms. The molecule has 4 aromatic carbocycles. The van der Waals surface area contributed by atoms with Gasteiger partial charge in [-0.1, -0.05) is 49.6 Å². The predicted molar refractivity (Wildman–Crippen MR) is 253 cm³/mol. The highest BCUT2D eigenvalue weighted by Gasteiger charge is 2.34. The average Bonchev–Trinajstić information content (AvgIpc) is 4.00. The molecule has 0 unspecified atom stereocenters. The van der Waals surface area contributed by atoms with Crippen molar-refractivity contribution in [3.63, 3.8) is 0 Å². The third-order valence-corrected chi connectivity index (χ3v) is 11.0. The second-order valence-electron chi connectivity index (χ2n) is 15.8. The van der Waals surface area contributed by atoms with Crippen molar-refractivity contribution >= 4 is 52.5 Å². The first-order chi connectivity index (χ1) is 33.8. The standard InChI is InChI=1S/C51H52F2N4O13/c1-5-16-68-47(60)30-70-51(64)55-43-25-46(45(65-4)23-41(43)49(62)57-27-35(22-39(57)29-59)33-10-14-37(53)15-11-33)67-19-7-18-66-44-24-42(54-50(63)69-17-6-2)40(20-31(44)3)48(61)56-26-34(21-38(56)28-58)32-8-12-36(52)13-9-32/h5-6,8-15,20,23-27,38-39,58-59H,1-2,7,16-19,21-22,28-30H2,3-4H3,(H,54,63)(H,55,64)/t38-,39-/m0/s1. The largest absolute Gasteiger partial charge is 0.493 e. The van der Waals surface area contributed by atoms with Crippen LogP contribution in [0, 0.1) is 18.6 Å². The lowest BCUT2D eigenvalue weighted by Crippen LogP contribution is -2.36. The average molecular weight is 967 g/mol. The minimum absolute atomic E-state index is 0.00000195. The van der Waals surface area contributed by atoms with Gasteiger partial charge in [-0.3, -0.25) is 20.2 Å². The van der Waals surface area contributed by atoms with E-state index >= 15 is 0 Å². The predicted octanol–water partition coefficient (Wildman–Crippen LogP) is 7.64. The van der Waals surface area contributed by atoms with Crippen LogP contribution in [0.3, 0.4) is 0 Å². The highest BCUT2D eigenvalue weighted by Crippen LogP contribution is 2.38. The second-order valence-corrected chi connectivity index (χ2v) is 15.8. The molecular formula is C51H52F2N4O13. The highest BCUT2D eigenvalue weighted by molar-refractivity contribution is 6.06. The van der Waals surface area contributed by atoms with Crippen LogP contribution in [0.1, 0.15) is 56.7 Å². The van der Waals surface area contributed by atoms with Gasteiger partial charge in [0, 0.05) is 31.0 Å². The van der Waals surface area contributed by atoms with Crippen molar-refractivity contribution in [2.75, 3.05) is 64.0 Å². The van der Waals surface area contributed by atoms with Crippen LogP contribution in [0.15, 0.2) is 111 Å². The molecule has 0 fully saturated rings. The number of hydrogen-bond acceptors (Lipinski definition) is 13. The van der Waals surface area contributed by atoms with Crippen molar-refractivity contribution < 1.29 is 71.4 Å². The van der Waals surface area contributed by atoms with E-state index in [0.29, 0.717) is 40.0 Å². The van der Waals surface area contributed by atoms with Gasteiger partial charge in [0.15, 0.2) is 18.1 Å². The Morgan fingerprint density at radius 3 is 1.64 bits per heavy atom. The molecule has 0 aliphatic carbocycles. The third kappa shape index (κ3) is 12.9. The number of benzene rings is 4. The summed E-state index contributed by atoms with van der Waals surface area (Å²) in [6.07, 6.45) is 4.67. The number of carbonyl (C=O) groups excluding carboxylic acids is 5. The van der Waals surface area contributed by atoms with Crippen LogP contribution in [0.25, 0.3) is 11.1 Å². The van der Waals surface area contributed by atoms with Crippen LogP contribution in [0.5, 0.6) is 17.2 Å². The van der Waals surface area contributed by atoms with Gasteiger partial charge in [0.2, 0.25) is 0 Å². The number of aryl methyl sites for hydroxylation is 1. The monoisotopic (exact) mass is 966 g/mol. The Kier molecular flexibility index (Phi) is 17.8. The number of aliphatic hydroxyl groups is 2. The molecule has 2 heterocycles. The number of aliphatic hydroxyl groups excluding tert-OH is 2. The molecule has 6 rings (SSSR count). The maximum Gasteiger partial charge on any atom is 0.412 e. The van der Waals surface area contributed by atoms with Crippen molar-refractivity contribution in [3.05, 3.63) is 150 Å². The summed E-state index contributed by atoms with van der Waals surface area (Å²) in [7, 11) is 1.35. The number of esters is 1. The van der Waals surface area contributed by atoms with E-state index in [4.69, 9.17) is 28.4 Å². The molecule has 4 amide bonds. The summed E-state index contributed by atoms with van der Waals surface area (Å²) < 4.78 is 60.2. The SMILES string of the molecule is C=CCOC(=O)COC(=O)Nc1cc(OCCCOc2cc(NC(=O)OCC=C)c(C(=O)N3C=C(c4ccc(F)cc4)C[C@H]3CO)cc2C)c(OC)cc1C(=O)N1C=C(c2ccc(F)cc2)C[C@H]1CO. The molecule has 0 radical (unpaired) electrons. The zero-order valence-corrected chi connectivity index (χ0v) is 38.4. The van der Waals surface area contributed by atoms with Crippen molar-refractivity contribution in [2.45, 2.75) is 38.3 Å². The van der Waals surface area contributed by atoms with Crippen LogP contribution in [0.4, 0.5) is 29.7 Å². The molecule has 2 aliphatic heterocycles. The number of hydrogen-bond donors (Lipinski definition) is 4. The van der Waals surface area contributed by atoms with Crippen LogP contribution >= 0.6 is 0 Å². The fourth-order valence-corrected chi connectivity index (χ4v) is 7.51. The molecule has 0 saturated heterocycles. The topological polar surface area (TPSA) is 212 Å². The molecular weight excluding hydrogens is 915 g/mol. The van der Waals surface area contributed by atoms with Crippen molar-refractivity contribution in [3.8, 4) is 17.2 Å². The van der Waals surface area contributed by atoms with Gasteiger partial charge in [-0.2, -0.15) is 0 Å². The van der Waals surface area contributed by atoms with Gasteiger partial charge in [0.25, 0.3) is 11.8 Å². The van der Waals surface area contributed by atoms with Crippen LogP contribution < -0.4 is 24.8 Å². The fourth-order valence-electron chi connectivity index (χ4n) is 7.51. The molecule has 0 aromatic heterocycles. The number of nitrogens with one attached hydrogen (secondary N) is 2. The first-order valence-corrected chi connectivity index (χ1v) is 21.9. The van der Waals surface area contributed by atoms with E-state index in [0.717, 1.165) is 0 Å². The normalized spacial score (nSPS) is 15.0. The summed E-state index contributed by atoms with van der Waals surface area (Å²) in [4.78, 5) is 69.0. The Morgan fingerprint density at radius 2 is 1.14 bits per heavy atom. The van der Waals surface area contributed by atoms with Gasteiger partial charge < -0.3 is 48.4 Å². The summed E-state index contributed by atoms with van der Waals surface area (Å²) in [5.74, 6) is -2.41. The molecule has 2 atom stereocenters. The maximum atomic E-state index is 14.3. The highest BCUT2D eigenvalue weighted by atomic mass is 19.1. The number of methoxy groups -OCH3 is 1. The summed E-state index contributed by atoms with van der Waals surface area (Å²) in [5.41, 5.74) is 3.15. The van der Waals surface area contributed by atoms with Gasteiger partial charge in [-0.05, 0) is 84.0 Å². The number of halogens is 2.